The third-order valence-corrected chi connectivity index (χ3v) is 3.85. The number of carboxylic acid groups (broad SMARTS) is 1. The molecule has 1 rings (SSSR count). The van der Waals surface area contributed by atoms with Crippen molar-refractivity contribution in [2.75, 3.05) is 7.05 Å². The third kappa shape index (κ3) is 3.70. The first kappa shape index (κ1) is 15.0. The highest BCUT2D eigenvalue weighted by molar-refractivity contribution is 5.78. The van der Waals surface area contributed by atoms with E-state index >= 15 is 0 Å². The second-order valence-electron chi connectivity index (χ2n) is 5.49. The summed E-state index contributed by atoms with van der Waals surface area (Å²) in [5.74, 6) is -0.884. The van der Waals surface area contributed by atoms with E-state index in [-0.39, 0.29) is 24.8 Å². The van der Waals surface area contributed by atoms with Gasteiger partial charge in [-0.3, -0.25) is 9.59 Å². The van der Waals surface area contributed by atoms with E-state index in [9.17, 15) is 9.59 Å². The van der Waals surface area contributed by atoms with Gasteiger partial charge < -0.3 is 15.7 Å². The van der Waals surface area contributed by atoms with Gasteiger partial charge in [-0.25, -0.2) is 0 Å². The number of aliphatic carboxylic acids is 1. The summed E-state index contributed by atoms with van der Waals surface area (Å²) in [6, 6.07) is -0.189. The molecule has 1 amide bonds. The summed E-state index contributed by atoms with van der Waals surface area (Å²) in [7, 11) is 1.72. The van der Waals surface area contributed by atoms with Crippen molar-refractivity contribution in [3.8, 4) is 0 Å². The van der Waals surface area contributed by atoms with E-state index in [0.29, 0.717) is 0 Å². The van der Waals surface area contributed by atoms with Crippen LogP contribution in [0.1, 0.15) is 51.9 Å². The van der Waals surface area contributed by atoms with E-state index in [0.717, 1.165) is 32.1 Å². The molecule has 0 heterocycles. The molecule has 0 radical (unpaired) electrons. The summed E-state index contributed by atoms with van der Waals surface area (Å²) < 4.78 is 0. The Balaban J connectivity index is 2.81. The number of hydrogen-bond acceptors (Lipinski definition) is 3. The van der Waals surface area contributed by atoms with Crippen LogP contribution in [0.25, 0.3) is 0 Å². The number of nitrogens with zero attached hydrogens (tertiary/aromatic N) is 1. The van der Waals surface area contributed by atoms with E-state index in [1.807, 2.05) is 0 Å². The molecule has 0 aliphatic heterocycles. The van der Waals surface area contributed by atoms with Gasteiger partial charge >= 0.3 is 5.97 Å². The van der Waals surface area contributed by atoms with Crippen molar-refractivity contribution in [1.29, 1.82) is 0 Å². The van der Waals surface area contributed by atoms with E-state index in [1.165, 1.54) is 0 Å². The van der Waals surface area contributed by atoms with Crippen LogP contribution in [0.4, 0.5) is 0 Å². The molecule has 5 nitrogen and oxygen atoms in total. The summed E-state index contributed by atoms with van der Waals surface area (Å²) in [6.45, 7) is 1.79. The minimum absolute atomic E-state index is 0.0359. The Morgan fingerprint density at radius 2 is 1.89 bits per heavy atom. The molecular weight excluding hydrogens is 232 g/mol. The fraction of sp³-hybridized carbons (Fsp3) is 0.846. The molecule has 1 unspecified atom stereocenters. The number of carbonyl (C=O) groups excluding carboxylic acids is 1. The topological polar surface area (TPSA) is 83.6 Å². The van der Waals surface area contributed by atoms with Gasteiger partial charge in [-0.2, -0.15) is 0 Å². The maximum Gasteiger partial charge on any atom is 0.305 e. The first-order valence-electron chi connectivity index (χ1n) is 6.61. The van der Waals surface area contributed by atoms with Crippen LogP contribution in [-0.4, -0.2) is 40.5 Å². The molecule has 0 aromatic heterocycles. The predicted molar refractivity (Wildman–Crippen MR) is 69.1 cm³/mol. The standard InChI is InChI=1S/C13H24N2O3/c1-10(14)8-11(16)15(2)13(9-12(17)18)6-4-3-5-7-13/h10H,3-9,14H2,1-2H3,(H,17,18). The fourth-order valence-electron chi connectivity index (χ4n) is 2.80. The maximum atomic E-state index is 12.1. The molecule has 0 saturated heterocycles. The van der Waals surface area contributed by atoms with Crippen molar-refractivity contribution in [1.82, 2.24) is 4.90 Å². The lowest BCUT2D eigenvalue weighted by Gasteiger charge is -2.44. The maximum absolute atomic E-state index is 12.1. The summed E-state index contributed by atoms with van der Waals surface area (Å²) in [5.41, 5.74) is 5.14. The van der Waals surface area contributed by atoms with Gasteiger partial charge in [-0.05, 0) is 19.8 Å². The average molecular weight is 256 g/mol. The largest absolute Gasteiger partial charge is 0.481 e. The molecule has 0 spiro atoms. The molecule has 0 aromatic carbocycles. The van der Waals surface area contributed by atoms with Crippen molar-refractivity contribution in [3.63, 3.8) is 0 Å². The molecule has 104 valence electrons. The number of hydrogen-bond donors (Lipinski definition) is 2. The first-order valence-corrected chi connectivity index (χ1v) is 6.61. The van der Waals surface area contributed by atoms with E-state index < -0.39 is 11.5 Å². The van der Waals surface area contributed by atoms with Gasteiger partial charge in [0.1, 0.15) is 0 Å². The van der Waals surface area contributed by atoms with Crippen molar-refractivity contribution >= 4 is 11.9 Å². The smallest absolute Gasteiger partial charge is 0.305 e. The van der Waals surface area contributed by atoms with Gasteiger partial charge in [-0.15, -0.1) is 0 Å². The van der Waals surface area contributed by atoms with Crippen LogP contribution >= 0.6 is 0 Å². The fourth-order valence-corrected chi connectivity index (χ4v) is 2.80. The van der Waals surface area contributed by atoms with Crippen LogP contribution in [0.5, 0.6) is 0 Å². The lowest BCUT2D eigenvalue weighted by molar-refractivity contribution is -0.146. The zero-order chi connectivity index (χ0) is 13.8. The predicted octanol–water partition coefficient (Wildman–Crippen LogP) is 1.36. The molecule has 5 heteroatoms. The lowest BCUT2D eigenvalue weighted by atomic mass is 9.78. The molecule has 0 aromatic rings. The van der Waals surface area contributed by atoms with Gasteiger partial charge in [0.2, 0.25) is 5.91 Å². The highest BCUT2D eigenvalue weighted by Crippen LogP contribution is 2.36. The summed E-state index contributed by atoms with van der Waals surface area (Å²) >= 11 is 0. The highest BCUT2D eigenvalue weighted by Gasteiger charge is 2.40. The van der Waals surface area contributed by atoms with Crippen molar-refractivity contribution in [2.45, 2.75) is 63.5 Å². The van der Waals surface area contributed by atoms with Crippen LogP contribution in [0.15, 0.2) is 0 Å². The van der Waals surface area contributed by atoms with Gasteiger partial charge in [-0.1, -0.05) is 19.3 Å². The Morgan fingerprint density at radius 3 is 2.33 bits per heavy atom. The number of carbonyl (C=O) groups is 2. The van der Waals surface area contributed by atoms with Gasteiger partial charge in [0.05, 0.1) is 12.0 Å². The Kier molecular flexibility index (Phi) is 5.14. The Labute approximate surface area is 108 Å². The zero-order valence-corrected chi connectivity index (χ0v) is 11.3. The lowest BCUT2D eigenvalue weighted by Crippen LogP contribution is -2.52. The first-order chi connectivity index (χ1) is 8.37. The minimum Gasteiger partial charge on any atom is -0.481 e. The quantitative estimate of drug-likeness (QED) is 0.778. The van der Waals surface area contributed by atoms with E-state index in [2.05, 4.69) is 0 Å². The van der Waals surface area contributed by atoms with E-state index in [1.54, 1.807) is 18.9 Å². The van der Waals surface area contributed by atoms with Crippen LogP contribution in [0, 0.1) is 0 Å². The Hall–Kier alpha value is -1.10. The molecule has 1 atom stereocenters. The van der Waals surface area contributed by atoms with Crippen molar-refractivity contribution < 1.29 is 14.7 Å². The minimum atomic E-state index is -0.836. The Morgan fingerprint density at radius 1 is 1.33 bits per heavy atom. The third-order valence-electron chi connectivity index (χ3n) is 3.85. The summed E-state index contributed by atoms with van der Waals surface area (Å²) in [5, 5.41) is 9.08. The molecule has 1 fully saturated rings. The highest BCUT2D eigenvalue weighted by atomic mass is 16.4. The molecule has 0 bridgehead atoms. The number of amides is 1. The van der Waals surface area contributed by atoms with Crippen molar-refractivity contribution in [3.05, 3.63) is 0 Å². The summed E-state index contributed by atoms with van der Waals surface area (Å²) in [6.07, 6.45) is 4.97. The SMILES string of the molecule is CC(N)CC(=O)N(C)C1(CC(=O)O)CCCCC1. The molecule has 1 aliphatic carbocycles. The normalized spacial score (nSPS) is 20.2. The van der Waals surface area contributed by atoms with Crippen LogP contribution < -0.4 is 5.73 Å². The molecule has 3 N–H and O–H groups in total. The number of rotatable bonds is 5. The molecule has 1 saturated carbocycles. The molecule has 1 aliphatic rings. The van der Waals surface area contributed by atoms with Gasteiger partial charge in [0.15, 0.2) is 0 Å². The second kappa shape index (κ2) is 6.18. The molecular formula is C13H24N2O3. The number of nitrogens with two attached hydrogens (primary N) is 1. The van der Waals surface area contributed by atoms with Crippen LogP contribution in [-0.2, 0) is 9.59 Å². The van der Waals surface area contributed by atoms with Crippen LogP contribution in [0.3, 0.4) is 0 Å². The Bertz CT molecular complexity index is 309. The average Bonchev–Trinajstić information content (AvgIpc) is 2.27. The van der Waals surface area contributed by atoms with Crippen molar-refractivity contribution in [2.24, 2.45) is 5.73 Å². The van der Waals surface area contributed by atoms with Gasteiger partial charge in [0, 0.05) is 19.5 Å². The van der Waals surface area contributed by atoms with E-state index in [4.69, 9.17) is 10.8 Å². The second-order valence-corrected chi connectivity index (χ2v) is 5.49. The monoisotopic (exact) mass is 256 g/mol. The number of carboxylic acids is 1. The van der Waals surface area contributed by atoms with Gasteiger partial charge in [0.25, 0.3) is 0 Å². The summed E-state index contributed by atoms with van der Waals surface area (Å²) in [4.78, 5) is 24.8. The molecule has 18 heavy (non-hydrogen) atoms. The van der Waals surface area contributed by atoms with Crippen LogP contribution in [0.2, 0.25) is 0 Å². The zero-order valence-electron chi connectivity index (χ0n) is 11.3.